The van der Waals surface area contributed by atoms with Crippen molar-refractivity contribution in [2.75, 3.05) is 7.11 Å². The molecule has 4 aliphatic carbocycles. The number of ether oxygens (including phenoxy) is 1. The maximum Gasteiger partial charge on any atom is 0.311 e. The van der Waals surface area contributed by atoms with Gasteiger partial charge in [-0.2, -0.15) is 0 Å². The molecule has 4 nitrogen and oxygen atoms in total. The summed E-state index contributed by atoms with van der Waals surface area (Å²) in [5, 5.41) is 10.4. The lowest BCUT2D eigenvalue weighted by molar-refractivity contribution is -0.194. The van der Waals surface area contributed by atoms with Gasteiger partial charge in [0.25, 0.3) is 0 Å². The fourth-order valence-electron chi connectivity index (χ4n) is 4.28. The third-order valence-electron chi connectivity index (χ3n) is 4.62. The van der Waals surface area contributed by atoms with Gasteiger partial charge in [0.2, 0.25) is 0 Å². The highest BCUT2D eigenvalue weighted by molar-refractivity contribution is 5.90. The Morgan fingerprint density at radius 1 is 1.31 bits per heavy atom. The lowest BCUT2D eigenvalue weighted by atomic mass is 9.47. The van der Waals surface area contributed by atoms with Crippen molar-refractivity contribution in [1.82, 2.24) is 0 Å². The molecule has 4 bridgehead atoms. The van der Waals surface area contributed by atoms with Crippen LogP contribution in [-0.2, 0) is 14.3 Å². The minimum Gasteiger partial charge on any atom is -0.469 e. The van der Waals surface area contributed by atoms with Gasteiger partial charge in [-0.05, 0) is 32.1 Å². The van der Waals surface area contributed by atoms with E-state index < -0.39 is 11.0 Å². The van der Waals surface area contributed by atoms with Crippen LogP contribution >= 0.6 is 0 Å². The Kier molecular flexibility index (Phi) is 1.83. The van der Waals surface area contributed by atoms with Crippen LogP contribution in [-0.4, -0.2) is 29.6 Å². The van der Waals surface area contributed by atoms with Crippen molar-refractivity contribution in [3.8, 4) is 0 Å². The number of Topliss-reactive ketones (excluding diaryl/α,β-unsaturated/α-hetero) is 1. The molecular weight excluding hydrogens is 208 g/mol. The van der Waals surface area contributed by atoms with E-state index in [-0.39, 0.29) is 23.6 Å². The molecule has 0 spiro atoms. The van der Waals surface area contributed by atoms with Crippen LogP contribution in [0.4, 0.5) is 0 Å². The summed E-state index contributed by atoms with van der Waals surface area (Å²) in [5.74, 6) is -0.229. The molecule has 4 heteroatoms. The molecule has 88 valence electrons. The molecule has 4 saturated carbocycles. The van der Waals surface area contributed by atoms with Gasteiger partial charge in [-0.25, -0.2) is 0 Å². The molecule has 1 N–H and O–H groups in total. The molecule has 0 aromatic carbocycles. The Bertz CT molecular complexity index is 355. The van der Waals surface area contributed by atoms with Crippen molar-refractivity contribution >= 4 is 11.8 Å². The predicted molar refractivity (Wildman–Crippen MR) is 54.5 cm³/mol. The van der Waals surface area contributed by atoms with Gasteiger partial charge in [0.15, 0.2) is 0 Å². The lowest BCUT2D eigenvalue weighted by Gasteiger charge is -2.57. The van der Waals surface area contributed by atoms with Gasteiger partial charge < -0.3 is 9.84 Å². The fraction of sp³-hybridized carbons (Fsp3) is 0.833. The van der Waals surface area contributed by atoms with E-state index in [9.17, 15) is 14.7 Å². The van der Waals surface area contributed by atoms with E-state index >= 15 is 0 Å². The molecule has 0 heterocycles. The van der Waals surface area contributed by atoms with E-state index in [1.54, 1.807) is 0 Å². The van der Waals surface area contributed by atoms with E-state index in [2.05, 4.69) is 0 Å². The van der Waals surface area contributed by atoms with E-state index in [0.29, 0.717) is 32.1 Å². The maximum atomic E-state index is 11.9. The van der Waals surface area contributed by atoms with Gasteiger partial charge in [-0.15, -0.1) is 0 Å². The van der Waals surface area contributed by atoms with E-state index in [4.69, 9.17) is 4.74 Å². The molecule has 4 rings (SSSR count). The summed E-state index contributed by atoms with van der Waals surface area (Å²) in [4.78, 5) is 23.8. The number of carbonyl (C=O) groups is 2. The van der Waals surface area contributed by atoms with Gasteiger partial charge in [-0.3, -0.25) is 9.59 Å². The average Bonchev–Trinajstić information content (AvgIpc) is 2.22. The molecule has 2 atom stereocenters. The highest BCUT2D eigenvalue weighted by Crippen LogP contribution is 2.60. The second-order valence-corrected chi connectivity index (χ2v) is 5.79. The molecular formula is C12H16O4. The van der Waals surface area contributed by atoms with E-state index in [1.807, 2.05) is 0 Å². The van der Waals surface area contributed by atoms with Crippen molar-refractivity contribution in [2.45, 2.75) is 37.7 Å². The highest BCUT2D eigenvalue weighted by Gasteiger charge is 2.63. The Labute approximate surface area is 94.0 Å². The highest BCUT2D eigenvalue weighted by atomic mass is 16.5. The summed E-state index contributed by atoms with van der Waals surface area (Å²) in [6, 6.07) is 0. The molecule has 0 aliphatic heterocycles. The maximum absolute atomic E-state index is 11.9. The second kappa shape index (κ2) is 2.86. The predicted octanol–water partition coefficient (Wildman–Crippen LogP) is 0.670. The van der Waals surface area contributed by atoms with Crippen molar-refractivity contribution in [3.63, 3.8) is 0 Å². The standard InChI is InChI=1S/C12H16O4/c1-16-10(14)11-2-7-4-12(15,6-11)5-8(3-11)9(7)13/h7-8,15H,2-6H2,1H3. The number of methoxy groups -OCH3 is 1. The number of aliphatic hydroxyl groups is 1. The summed E-state index contributed by atoms with van der Waals surface area (Å²) >= 11 is 0. The minimum atomic E-state index is -0.798. The van der Waals surface area contributed by atoms with Crippen LogP contribution in [0, 0.1) is 17.3 Å². The van der Waals surface area contributed by atoms with Crippen molar-refractivity contribution in [2.24, 2.45) is 17.3 Å². The molecule has 4 fully saturated rings. The van der Waals surface area contributed by atoms with Gasteiger partial charge in [0.05, 0.1) is 18.1 Å². The Hall–Kier alpha value is -0.900. The van der Waals surface area contributed by atoms with Crippen LogP contribution in [0.5, 0.6) is 0 Å². The lowest BCUT2D eigenvalue weighted by Crippen LogP contribution is -2.61. The van der Waals surface area contributed by atoms with Crippen molar-refractivity contribution in [3.05, 3.63) is 0 Å². The average molecular weight is 224 g/mol. The topological polar surface area (TPSA) is 63.6 Å². The molecule has 0 aromatic heterocycles. The van der Waals surface area contributed by atoms with Crippen molar-refractivity contribution in [1.29, 1.82) is 0 Å². The van der Waals surface area contributed by atoms with Crippen LogP contribution in [0.1, 0.15) is 32.1 Å². The van der Waals surface area contributed by atoms with Gasteiger partial charge >= 0.3 is 5.97 Å². The summed E-state index contributed by atoms with van der Waals surface area (Å²) in [6.45, 7) is 0. The third kappa shape index (κ3) is 1.14. The monoisotopic (exact) mass is 224 g/mol. The van der Waals surface area contributed by atoms with Crippen LogP contribution in [0.25, 0.3) is 0 Å². The summed E-state index contributed by atoms with van der Waals surface area (Å²) < 4.78 is 4.85. The zero-order valence-corrected chi connectivity index (χ0v) is 9.36. The SMILES string of the molecule is COC(=O)C12CC3CC(O)(CC(C1)C3=O)C2. The molecule has 2 unspecified atom stereocenters. The van der Waals surface area contributed by atoms with Crippen LogP contribution < -0.4 is 0 Å². The van der Waals surface area contributed by atoms with E-state index in [1.165, 1.54) is 7.11 Å². The molecule has 4 aliphatic rings. The van der Waals surface area contributed by atoms with Crippen LogP contribution in [0.2, 0.25) is 0 Å². The number of ketones is 1. The number of hydrogen-bond donors (Lipinski definition) is 1. The first-order chi connectivity index (χ1) is 7.48. The quantitative estimate of drug-likeness (QED) is 0.665. The van der Waals surface area contributed by atoms with Crippen LogP contribution in [0.3, 0.4) is 0 Å². The largest absolute Gasteiger partial charge is 0.469 e. The Morgan fingerprint density at radius 2 is 1.88 bits per heavy atom. The van der Waals surface area contributed by atoms with Crippen LogP contribution in [0.15, 0.2) is 0 Å². The summed E-state index contributed by atoms with van der Waals surface area (Å²) in [5.41, 5.74) is -1.38. The molecule has 0 saturated heterocycles. The minimum absolute atomic E-state index is 0.120. The number of rotatable bonds is 1. The first-order valence-electron chi connectivity index (χ1n) is 5.83. The first kappa shape index (κ1) is 10.3. The number of esters is 1. The summed E-state index contributed by atoms with van der Waals surface area (Å²) in [6.07, 6.45) is 2.73. The van der Waals surface area contributed by atoms with Crippen molar-refractivity contribution < 1.29 is 19.4 Å². The Balaban J connectivity index is 2.00. The van der Waals surface area contributed by atoms with Gasteiger partial charge in [0.1, 0.15) is 5.78 Å². The first-order valence-corrected chi connectivity index (χ1v) is 5.83. The fourth-order valence-corrected chi connectivity index (χ4v) is 4.28. The number of hydrogen-bond acceptors (Lipinski definition) is 4. The Morgan fingerprint density at radius 3 is 2.38 bits per heavy atom. The molecule has 0 radical (unpaired) electrons. The normalized spacial score (nSPS) is 49.5. The molecule has 0 aromatic rings. The van der Waals surface area contributed by atoms with E-state index in [0.717, 1.165) is 0 Å². The van der Waals surface area contributed by atoms with Gasteiger partial charge in [-0.1, -0.05) is 0 Å². The summed E-state index contributed by atoms with van der Waals surface area (Å²) in [7, 11) is 1.38. The smallest absolute Gasteiger partial charge is 0.311 e. The number of carbonyl (C=O) groups excluding carboxylic acids is 2. The molecule has 0 amide bonds. The zero-order valence-electron chi connectivity index (χ0n) is 9.36. The third-order valence-corrected chi connectivity index (χ3v) is 4.62. The zero-order chi connectivity index (χ0) is 11.6. The second-order valence-electron chi connectivity index (χ2n) is 5.79. The van der Waals surface area contributed by atoms with Gasteiger partial charge in [0, 0.05) is 11.8 Å². The molecule has 16 heavy (non-hydrogen) atoms.